The Morgan fingerprint density at radius 3 is 2.46 bits per heavy atom. The molecule has 0 atom stereocenters. The summed E-state index contributed by atoms with van der Waals surface area (Å²) in [4.78, 5) is 11.0. The van der Waals surface area contributed by atoms with Gasteiger partial charge in [0.1, 0.15) is 5.69 Å². The van der Waals surface area contributed by atoms with Gasteiger partial charge in [0.15, 0.2) is 0 Å². The smallest absolute Gasteiger partial charge is 0.353 e. The molecule has 2 aromatic rings. The van der Waals surface area contributed by atoms with Crippen LogP contribution in [0.3, 0.4) is 0 Å². The number of carboxylic acids is 1. The number of hydrogen-bond acceptors (Lipinski definition) is 2. The number of hydrogen-bond donors (Lipinski definition) is 2. The van der Waals surface area contributed by atoms with Crippen molar-refractivity contribution in [3.05, 3.63) is 41.6 Å². The zero-order valence-electron chi connectivity index (χ0n) is 14.7. The predicted molar refractivity (Wildman–Crippen MR) is 95.1 cm³/mol. The van der Waals surface area contributed by atoms with Gasteiger partial charge in [-0.05, 0) is 60.6 Å². The number of H-pyrrole nitrogens is 1. The number of benzene rings is 1. The van der Waals surface area contributed by atoms with E-state index < -0.39 is 5.97 Å². The lowest BCUT2D eigenvalue weighted by Crippen LogP contribution is -2.25. The topological polar surface area (TPSA) is 66.0 Å². The van der Waals surface area contributed by atoms with Crippen molar-refractivity contribution in [2.45, 2.75) is 52.4 Å². The highest BCUT2D eigenvalue weighted by molar-refractivity contribution is 5.86. The molecule has 1 aromatic heterocycles. The van der Waals surface area contributed by atoms with E-state index in [2.05, 4.69) is 49.2 Å². The first-order valence-corrected chi connectivity index (χ1v) is 8.73. The normalized spacial score (nSPS) is 21.6. The molecule has 0 saturated heterocycles. The zero-order valence-corrected chi connectivity index (χ0v) is 14.7. The van der Waals surface area contributed by atoms with Crippen LogP contribution in [0, 0.1) is 11.3 Å². The standard InChI is InChI=1S/C20H26N2O2/c1-20(2,3)16-9-7-13(8-10-16)14-5-4-6-15(11-14)17-12-18(19(23)24)22-21-17/h4-6,11-13,16H,7-10H2,1-3H3,(H,21,22)(H,23,24). The number of aromatic carboxylic acids is 1. The molecule has 0 amide bonds. The molecule has 0 unspecified atom stereocenters. The lowest BCUT2D eigenvalue weighted by Gasteiger charge is -2.37. The number of carbonyl (C=O) groups is 1. The summed E-state index contributed by atoms with van der Waals surface area (Å²) >= 11 is 0. The van der Waals surface area contributed by atoms with Gasteiger partial charge >= 0.3 is 5.97 Å². The van der Waals surface area contributed by atoms with Gasteiger partial charge in [-0.3, -0.25) is 5.10 Å². The Labute approximate surface area is 143 Å². The van der Waals surface area contributed by atoms with Crippen LogP contribution in [0.4, 0.5) is 0 Å². The number of aromatic nitrogens is 2. The van der Waals surface area contributed by atoms with E-state index in [0.29, 0.717) is 17.0 Å². The third-order valence-electron chi connectivity index (χ3n) is 5.41. The molecule has 128 valence electrons. The van der Waals surface area contributed by atoms with Crippen molar-refractivity contribution < 1.29 is 9.90 Å². The maximum absolute atomic E-state index is 11.0. The molecule has 1 saturated carbocycles. The quantitative estimate of drug-likeness (QED) is 0.825. The monoisotopic (exact) mass is 326 g/mol. The van der Waals surface area contributed by atoms with E-state index in [1.807, 2.05) is 6.07 Å². The summed E-state index contributed by atoms with van der Waals surface area (Å²) in [5, 5.41) is 15.7. The average Bonchev–Trinajstić information content (AvgIpc) is 3.05. The van der Waals surface area contributed by atoms with Crippen molar-refractivity contribution in [3.63, 3.8) is 0 Å². The van der Waals surface area contributed by atoms with Crippen LogP contribution in [0.25, 0.3) is 11.3 Å². The summed E-state index contributed by atoms with van der Waals surface area (Å²) < 4.78 is 0. The fourth-order valence-corrected chi connectivity index (χ4v) is 3.82. The highest BCUT2D eigenvalue weighted by Gasteiger charge is 2.30. The fourth-order valence-electron chi connectivity index (χ4n) is 3.82. The van der Waals surface area contributed by atoms with Crippen LogP contribution >= 0.6 is 0 Å². The van der Waals surface area contributed by atoms with Gasteiger partial charge in [-0.25, -0.2) is 4.79 Å². The summed E-state index contributed by atoms with van der Waals surface area (Å²) in [6.45, 7) is 7.03. The summed E-state index contributed by atoms with van der Waals surface area (Å²) in [6, 6.07) is 10.00. The van der Waals surface area contributed by atoms with Crippen molar-refractivity contribution in [2.75, 3.05) is 0 Å². The first-order valence-electron chi connectivity index (χ1n) is 8.73. The van der Waals surface area contributed by atoms with Crippen molar-refractivity contribution in [2.24, 2.45) is 11.3 Å². The SMILES string of the molecule is CC(C)(C)C1CCC(c2cccc(-c3cc(C(=O)O)[nH]n3)c2)CC1. The van der Waals surface area contributed by atoms with Crippen LogP contribution in [0.15, 0.2) is 30.3 Å². The van der Waals surface area contributed by atoms with Gasteiger partial charge in [0.25, 0.3) is 0 Å². The second kappa shape index (κ2) is 6.42. The molecule has 1 aliphatic rings. The van der Waals surface area contributed by atoms with Crippen LogP contribution < -0.4 is 0 Å². The van der Waals surface area contributed by atoms with E-state index in [1.165, 1.54) is 31.2 Å². The Kier molecular flexibility index (Phi) is 4.48. The second-order valence-corrected chi connectivity index (χ2v) is 8.01. The first-order chi connectivity index (χ1) is 11.3. The van der Waals surface area contributed by atoms with E-state index in [1.54, 1.807) is 6.07 Å². The second-order valence-electron chi connectivity index (χ2n) is 8.01. The zero-order chi connectivity index (χ0) is 17.3. The molecule has 3 rings (SSSR count). The van der Waals surface area contributed by atoms with E-state index >= 15 is 0 Å². The molecule has 0 radical (unpaired) electrons. The van der Waals surface area contributed by atoms with Crippen molar-refractivity contribution in [1.29, 1.82) is 0 Å². The Hall–Kier alpha value is -2.10. The third-order valence-corrected chi connectivity index (χ3v) is 5.41. The van der Waals surface area contributed by atoms with Gasteiger partial charge < -0.3 is 5.11 Å². The Morgan fingerprint density at radius 2 is 1.88 bits per heavy atom. The molecule has 0 spiro atoms. The minimum Gasteiger partial charge on any atom is -0.477 e. The minimum absolute atomic E-state index is 0.126. The molecule has 4 heteroatoms. The van der Waals surface area contributed by atoms with Crippen LogP contribution in [0.1, 0.15) is 68.4 Å². The number of nitrogens with zero attached hydrogens (tertiary/aromatic N) is 1. The van der Waals surface area contributed by atoms with Gasteiger partial charge in [0.2, 0.25) is 0 Å². The van der Waals surface area contributed by atoms with Gasteiger partial charge in [0, 0.05) is 5.56 Å². The average molecular weight is 326 g/mol. The van der Waals surface area contributed by atoms with Gasteiger partial charge in [0.05, 0.1) is 5.69 Å². The van der Waals surface area contributed by atoms with Crippen molar-refractivity contribution >= 4 is 5.97 Å². The molecule has 1 aromatic carbocycles. The molecule has 1 fully saturated rings. The maximum Gasteiger partial charge on any atom is 0.353 e. The van der Waals surface area contributed by atoms with Gasteiger partial charge in [-0.1, -0.05) is 39.0 Å². The van der Waals surface area contributed by atoms with E-state index in [-0.39, 0.29) is 5.69 Å². The van der Waals surface area contributed by atoms with E-state index in [0.717, 1.165) is 11.5 Å². The molecule has 0 bridgehead atoms. The minimum atomic E-state index is -0.981. The number of nitrogens with one attached hydrogen (secondary N) is 1. The van der Waals surface area contributed by atoms with Crippen LogP contribution in [-0.4, -0.2) is 21.3 Å². The summed E-state index contributed by atoms with van der Waals surface area (Å²) in [7, 11) is 0. The van der Waals surface area contributed by atoms with E-state index in [4.69, 9.17) is 5.11 Å². The van der Waals surface area contributed by atoms with Crippen LogP contribution in [0.5, 0.6) is 0 Å². The van der Waals surface area contributed by atoms with Crippen molar-refractivity contribution in [1.82, 2.24) is 10.2 Å². The molecular weight excluding hydrogens is 300 g/mol. The molecule has 24 heavy (non-hydrogen) atoms. The molecule has 0 aliphatic heterocycles. The van der Waals surface area contributed by atoms with Crippen molar-refractivity contribution in [3.8, 4) is 11.3 Å². The van der Waals surface area contributed by atoms with Gasteiger partial charge in [-0.15, -0.1) is 0 Å². The Balaban J connectivity index is 1.75. The first kappa shape index (κ1) is 16.7. The number of aromatic amines is 1. The summed E-state index contributed by atoms with van der Waals surface area (Å²) in [6.07, 6.45) is 5.02. The van der Waals surface area contributed by atoms with Crippen LogP contribution in [0.2, 0.25) is 0 Å². The fraction of sp³-hybridized carbons (Fsp3) is 0.500. The molecule has 1 aliphatic carbocycles. The highest BCUT2D eigenvalue weighted by Crippen LogP contribution is 2.43. The third kappa shape index (κ3) is 3.53. The van der Waals surface area contributed by atoms with E-state index in [9.17, 15) is 4.79 Å². The summed E-state index contributed by atoms with van der Waals surface area (Å²) in [5.41, 5.74) is 3.54. The Bertz CT molecular complexity index is 719. The van der Waals surface area contributed by atoms with Gasteiger partial charge in [-0.2, -0.15) is 5.10 Å². The summed E-state index contributed by atoms with van der Waals surface area (Å²) in [5.74, 6) is 0.424. The Morgan fingerprint density at radius 1 is 1.17 bits per heavy atom. The predicted octanol–water partition coefficient (Wildman–Crippen LogP) is 5.09. The molecular formula is C20H26N2O2. The highest BCUT2D eigenvalue weighted by atomic mass is 16.4. The lowest BCUT2D eigenvalue weighted by atomic mass is 9.68. The molecule has 1 heterocycles. The maximum atomic E-state index is 11.0. The number of rotatable bonds is 3. The lowest BCUT2D eigenvalue weighted by molar-refractivity contribution is 0.0690. The largest absolute Gasteiger partial charge is 0.477 e. The molecule has 2 N–H and O–H groups in total. The van der Waals surface area contributed by atoms with Crippen LogP contribution in [-0.2, 0) is 0 Å². The number of carboxylic acid groups (broad SMARTS) is 1. The molecule has 4 nitrogen and oxygen atoms in total.